The van der Waals surface area contributed by atoms with Crippen LogP contribution in [0, 0.1) is 0 Å². The highest BCUT2D eigenvalue weighted by Crippen LogP contribution is 2.33. The van der Waals surface area contributed by atoms with Crippen LogP contribution in [0.1, 0.15) is 38.1 Å². The highest BCUT2D eigenvalue weighted by atomic mass is 79.9. The Morgan fingerprint density at radius 1 is 1.22 bits per heavy atom. The highest BCUT2D eigenvalue weighted by molar-refractivity contribution is 9.10. The zero-order valence-corrected chi connectivity index (χ0v) is 21.7. The fourth-order valence-corrected chi connectivity index (χ4v) is 4.25. The van der Waals surface area contributed by atoms with Crippen molar-refractivity contribution in [2.45, 2.75) is 32.8 Å². The van der Waals surface area contributed by atoms with Gasteiger partial charge in [-0.3, -0.25) is 4.79 Å². The third kappa shape index (κ3) is 5.22. The summed E-state index contributed by atoms with van der Waals surface area (Å²) >= 11 is 13.0. The number of carbonyl (C=O) groups excluding carboxylic acids is 1. The SMILES string of the molecule is COC(=O)[C@@H](C)Oc1c(Br)cc(Cl)cc1C=Nn1c(C(C)C)nc2ccc(Br)cc2c1=O. The summed E-state index contributed by atoms with van der Waals surface area (Å²) in [5.74, 6) is 0.255. The number of carbonyl (C=O) groups is 1. The van der Waals surface area contributed by atoms with Gasteiger partial charge in [-0.25, -0.2) is 9.78 Å². The molecule has 2 aromatic carbocycles. The van der Waals surface area contributed by atoms with E-state index in [9.17, 15) is 9.59 Å². The molecule has 0 aliphatic heterocycles. The molecule has 0 saturated heterocycles. The van der Waals surface area contributed by atoms with Crippen molar-refractivity contribution in [3.63, 3.8) is 0 Å². The molecule has 32 heavy (non-hydrogen) atoms. The number of hydrogen-bond acceptors (Lipinski definition) is 6. The molecule has 0 amide bonds. The van der Waals surface area contributed by atoms with Gasteiger partial charge in [-0.2, -0.15) is 9.78 Å². The summed E-state index contributed by atoms with van der Waals surface area (Å²) in [5, 5.41) is 5.28. The standard InChI is InChI=1S/C22H20Br2ClN3O4/c1-11(2)20-27-18-6-5-14(23)8-16(18)21(29)28(20)26-10-13-7-15(25)9-17(24)19(13)32-12(3)22(30)31-4/h5-12H,1-4H3/t12-/m1/s1. The normalized spacial score (nSPS) is 12.5. The van der Waals surface area contributed by atoms with E-state index >= 15 is 0 Å². The summed E-state index contributed by atoms with van der Waals surface area (Å²) < 4.78 is 13.1. The van der Waals surface area contributed by atoms with Crippen molar-refractivity contribution < 1.29 is 14.3 Å². The first-order chi connectivity index (χ1) is 15.1. The smallest absolute Gasteiger partial charge is 0.346 e. The highest BCUT2D eigenvalue weighted by Gasteiger charge is 2.19. The van der Waals surface area contributed by atoms with Crippen LogP contribution in [0.25, 0.3) is 10.9 Å². The number of hydrogen-bond donors (Lipinski definition) is 0. The molecule has 168 valence electrons. The fraction of sp³-hybridized carbons (Fsp3) is 0.273. The summed E-state index contributed by atoms with van der Waals surface area (Å²) in [5.41, 5.74) is 0.758. The molecule has 3 rings (SSSR count). The Morgan fingerprint density at radius 3 is 2.59 bits per heavy atom. The summed E-state index contributed by atoms with van der Waals surface area (Å²) in [7, 11) is 1.28. The van der Waals surface area contributed by atoms with Gasteiger partial charge in [0.1, 0.15) is 11.6 Å². The summed E-state index contributed by atoms with van der Waals surface area (Å²) in [6.07, 6.45) is 0.590. The maximum absolute atomic E-state index is 13.2. The molecular weight excluding hydrogens is 566 g/mol. The average molecular weight is 586 g/mol. The van der Waals surface area contributed by atoms with Crippen LogP contribution < -0.4 is 10.3 Å². The zero-order valence-electron chi connectivity index (χ0n) is 17.7. The summed E-state index contributed by atoms with van der Waals surface area (Å²) in [4.78, 5) is 29.7. The topological polar surface area (TPSA) is 82.8 Å². The van der Waals surface area contributed by atoms with E-state index in [1.807, 2.05) is 19.9 Å². The largest absolute Gasteiger partial charge is 0.477 e. The first kappa shape index (κ1) is 24.4. The Kier molecular flexibility index (Phi) is 7.74. The van der Waals surface area contributed by atoms with Crippen LogP contribution in [0.5, 0.6) is 5.75 Å². The molecule has 0 N–H and O–H groups in total. The van der Waals surface area contributed by atoms with Gasteiger partial charge in [-0.1, -0.05) is 41.4 Å². The zero-order chi connectivity index (χ0) is 23.6. The second-order valence-electron chi connectivity index (χ2n) is 7.24. The molecule has 0 saturated carbocycles. The van der Waals surface area contributed by atoms with Crippen molar-refractivity contribution in [1.82, 2.24) is 9.66 Å². The Balaban J connectivity index is 2.15. The van der Waals surface area contributed by atoms with Crippen LogP contribution in [-0.2, 0) is 9.53 Å². The van der Waals surface area contributed by atoms with Crippen molar-refractivity contribution in [1.29, 1.82) is 0 Å². The molecule has 3 aromatic rings. The van der Waals surface area contributed by atoms with Crippen LogP contribution in [0.2, 0.25) is 5.02 Å². The Hall–Kier alpha value is -2.23. The lowest BCUT2D eigenvalue weighted by molar-refractivity contribution is -0.147. The molecule has 1 heterocycles. The number of aromatic nitrogens is 2. The summed E-state index contributed by atoms with van der Waals surface area (Å²) in [6.45, 7) is 5.43. The maximum atomic E-state index is 13.2. The van der Waals surface area contributed by atoms with Crippen molar-refractivity contribution in [2.24, 2.45) is 5.10 Å². The van der Waals surface area contributed by atoms with Crippen molar-refractivity contribution in [2.75, 3.05) is 7.11 Å². The van der Waals surface area contributed by atoms with Gasteiger partial charge >= 0.3 is 5.97 Å². The molecule has 0 aliphatic carbocycles. The third-order valence-electron chi connectivity index (χ3n) is 4.53. The number of rotatable bonds is 6. The molecule has 10 heteroatoms. The molecule has 1 atom stereocenters. The Morgan fingerprint density at radius 2 is 1.94 bits per heavy atom. The Labute approximate surface area is 206 Å². The average Bonchev–Trinajstić information content (AvgIpc) is 2.74. The minimum atomic E-state index is -0.863. The third-order valence-corrected chi connectivity index (χ3v) is 5.83. The summed E-state index contributed by atoms with van der Waals surface area (Å²) in [6, 6.07) is 8.60. The molecule has 0 fully saturated rings. The molecule has 0 spiro atoms. The first-order valence-electron chi connectivity index (χ1n) is 9.62. The predicted molar refractivity (Wildman–Crippen MR) is 132 cm³/mol. The number of benzene rings is 2. The van der Waals surface area contributed by atoms with Crippen molar-refractivity contribution in [3.8, 4) is 5.75 Å². The first-order valence-corrected chi connectivity index (χ1v) is 11.6. The van der Waals surface area contributed by atoms with Crippen LogP contribution in [0.4, 0.5) is 0 Å². The Bertz CT molecular complexity index is 1270. The number of ether oxygens (including phenoxy) is 2. The van der Waals surface area contributed by atoms with E-state index in [0.717, 1.165) is 4.47 Å². The van der Waals surface area contributed by atoms with Crippen LogP contribution in [0.3, 0.4) is 0 Å². The van der Waals surface area contributed by atoms with E-state index in [2.05, 4.69) is 41.9 Å². The van der Waals surface area contributed by atoms with Gasteiger partial charge in [0.25, 0.3) is 5.56 Å². The predicted octanol–water partition coefficient (Wildman–Crippen LogP) is 5.52. The number of methoxy groups -OCH3 is 1. The second kappa shape index (κ2) is 10.1. The second-order valence-corrected chi connectivity index (χ2v) is 9.44. The number of esters is 1. The number of nitrogens with zero attached hydrogens (tertiary/aromatic N) is 3. The quantitative estimate of drug-likeness (QED) is 0.281. The monoisotopic (exact) mass is 583 g/mol. The van der Waals surface area contributed by atoms with E-state index in [-0.39, 0.29) is 11.5 Å². The van der Waals surface area contributed by atoms with E-state index < -0.39 is 12.1 Å². The lowest BCUT2D eigenvalue weighted by atomic mass is 10.2. The minimum absolute atomic E-state index is 0.0611. The lowest BCUT2D eigenvalue weighted by Crippen LogP contribution is -2.25. The van der Waals surface area contributed by atoms with Gasteiger partial charge in [0.15, 0.2) is 6.10 Å². The van der Waals surface area contributed by atoms with Crippen LogP contribution in [-0.4, -0.2) is 35.1 Å². The van der Waals surface area contributed by atoms with Crippen molar-refractivity contribution >= 4 is 66.5 Å². The van der Waals surface area contributed by atoms with Gasteiger partial charge in [0, 0.05) is 21.0 Å². The van der Waals surface area contributed by atoms with Crippen LogP contribution in [0.15, 0.2) is 49.2 Å². The molecule has 1 aromatic heterocycles. The fourth-order valence-electron chi connectivity index (χ4n) is 2.96. The molecular formula is C22H20Br2ClN3O4. The van der Waals surface area contributed by atoms with E-state index in [1.165, 1.54) is 18.0 Å². The molecule has 7 nitrogen and oxygen atoms in total. The maximum Gasteiger partial charge on any atom is 0.346 e. The van der Waals surface area contributed by atoms with E-state index in [4.69, 9.17) is 21.1 Å². The lowest BCUT2D eigenvalue weighted by Gasteiger charge is -2.16. The van der Waals surface area contributed by atoms with E-state index in [0.29, 0.717) is 37.5 Å². The molecule has 0 radical (unpaired) electrons. The minimum Gasteiger partial charge on any atom is -0.477 e. The number of fused-ring (bicyclic) bond motifs is 1. The molecule has 0 aliphatic rings. The van der Waals surface area contributed by atoms with Crippen LogP contribution >= 0.6 is 43.5 Å². The van der Waals surface area contributed by atoms with Gasteiger partial charge in [-0.05, 0) is 53.2 Å². The van der Waals surface area contributed by atoms with Crippen molar-refractivity contribution in [3.05, 3.63) is 66.0 Å². The van der Waals surface area contributed by atoms with Gasteiger partial charge in [0.2, 0.25) is 0 Å². The number of halogens is 3. The van der Waals surface area contributed by atoms with E-state index in [1.54, 1.807) is 31.2 Å². The molecule has 0 bridgehead atoms. The van der Waals surface area contributed by atoms with Gasteiger partial charge < -0.3 is 9.47 Å². The van der Waals surface area contributed by atoms with Gasteiger partial charge in [-0.15, -0.1) is 0 Å². The van der Waals surface area contributed by atoms with Gasteiger partial charge in [0.05, 0.1) is 28.7 Å². The molecule has 0 unspecified atom stereocenters.